The molecular weight excluding hydrogens is 1060 g/mol. The number of carbonyl (C=O) groups is 7. The predicted octanol–water partition coefficient (Wildman–Crippen LogP) is 8.85. The Bertz CT molecular complexity index is 2510. The maximum absolute atomic E-state index is 14.8. The normalized spacial score (nSPS) is 20.1. The molecule has 6 amide bonds. The van der Waals surface area contributed by atoms with Crippen molar-refractivity contribution >= 4 is 69.1 Å². The fraction of sp³-hybridized carbons (Fsp3) is 0.593. The van der Waals surface area contributed by atoms with Crippen LogP contribution in [0.3, 0.4) is 0 Å². The number of amides is 6. The molecule has 2 fully saturated rings. The summed E-state index contributed by atoms with van der Waals surface area (Å²) in [7, 11) is 9.34. The molecule has 2 aromatic carbocycles. The van der Waals surface area contributed by atoms with Crippen LogP contribution in [0.15, 0.2) is 84.0 Å². The van der Waals surface area contributed by atoms with Gasteiger partial charge in [0.1, 0.15) is 35.9 Å². The number of carboxylic acids is 1. The zero-order valence-electron chi connectivity index (χ0n) is 48.5. The van der Waals surface area contributed by atoms with Gasteiger partial charge < -0.3 is 44.5 Å². The van der Waals surface area contributed by atoms with E-state index in [0.717, 1.165) is 29.9 Å². The third-order valence-electron chi connectivity index (χ3n) is 15.6. The number of hydrogen-bond acceptors (Lipinski definition) is 14. The van der Waals surface area contributed by atoms with Crippen molar-refractivity contribution in [2.75, 3.05) is 40.2 Å². The van der Waals surface area contributed by atoms with Crippen molar-refractivity contribution in [2.24, 2.45) is 23.7 Å². The number of methoxy groups -OCH3 is 2. The Morgan fingerprint density at radius 1 is 0.825 bits per heavy atom. The van der Waals surface area contributed by atoms with E-state index in [9.17, 15) is 38.7 Å². The number of rotatable bonds is 28. The topological polar surface area (TPSA) is 235 Å². The summed E-state index contributed by atoms with van der Waals surface area (Å²) in [5, 5.41) is 19.5. The van der Waals surface area contributed by atoms with Gasteiger partial charge in [-0.25, -0.2) is 19.4 Å². The third kappa shape index (κ3) is 17.3. The van der Waals surface area contributed by atoms with Gasteiger partial charge in [-0.3, -0.25) is 29.4 Å². The lowest BCUT2D eigenvalue weighted by molar-refractivity contribution is -0.153. The van der Waals surface area contributed by atoms with Gasteiger partial charge in [0.25, 0.3) is 0 Å². The molecule has 1 saturated carbocycles. The van der Waals surface area contributed by atoms with Crippen molar-refractivity contribution < 1.29 is 57.6 Å². The van der Waals surface area contributed by atoms with Crippen LogP contribution in [-0.2, 0) is 55.9 Å². The first-order valence-electron chi connectivity index (χ1n) is 27.8. The fourth-order valence-corrected chi connectivity index (χ4v) is 13.7. The van der Waals surface area contributed by atoms with E-state index in [1.54, 1.807) is 114 Å². The van der Waals surface area contributed by atoms with Gasteiger partial charge >= 0.3 is 18.2 Å². The van der Waals surface area contributed by atoms with Crippen LogP contribution in [0.5, 0.6) is 0 Å². The molecule has 440 valence electrons. The SMILES string of the molecule is CC[C@H](C)[C@@H]([C@@H](CC(=O)N1CCC[C@@]1(C)[C@H](OC)[C@@H](C)C(=O)N[C@@H](Cc1ccccc1)C(=O)O)OC)N(C)C(=O)[C@@H](NC(=O)[C@H](C(C)C)N(C)C(=O)OCc1ccc(NC(=O)O[C@@H]2CCC[C@H]2SSc2ccccn2)cc1)C(C)C. The maximum atomic E-state index is 14.8. The molecule has 2 aliphatic rings. The number of hydrogen-bond donors (Lipinski definition) is 4. The van der Waals surface area contributed by atoms with Crippen LogP contribution >= 0.6 is 21.6 Å². The monoisotopic (exact) mass is 1150 g/mol. The standard InChI is InChI=1S/C59H85N7O12S2/c1-13-38(6)51(45(75-11)34-48(67)66-32-20-30-59(66,8)52(76-12)39(7)53(68)62-43(56(71)72)33-40-21-15-14-16-22-40)64(9)55(70)49(36(2)3)63-54(69)50(37(4)5)65(10)58(74)77-35-41-26-28-42(29-27-41)61-57(73)78-44-23-19-24-46(44)79-80-47-25-17-18-31-60-47/h14-18,21-22,25-29,31,36-39,43-46,49-52H,13,19-20,23-24,30,32-35H2,1-12H3,(H,61,73)(H,62,68)(H,63,69)(H,71,72)/t38-,39+,43-,44+,45+,46+,49-,50-,51-,52+,59-/m0/s1. The number of carboxylic acid groups (broad SMARTS) is 1. The summed E-state index contributed by atoms with van der Waals surface area (Å²) in [6, 6.07) is 17.8. The number of aromatic nitrogens is 1. The van der Waals surface area contributed by atoms with E-state index in [0.29, 0.717) is 37.1 Å². The molecule has 21 heteroatoms. The van der Waals surface area contributed by atoms with Crippen LogP contribution in [0.4, 0.5) is 15.3 Å². The van der Waals surface area contributed by atoms with E-state index in [4.69, 9.17) is 18.9 Å². The lowest BCUT2D eigenvalue weighted by atomic mass is 9.82. The van der Waals surface area contributed by atoms with E-state index < -0.39 is 89.6 Å². The minimum Gasteiger partial charge on any atom is -0.480 e. The van der Waals surface area contributed by atoms with Crippen molar-refractivity contribution in [3.63, 3.8) is 0 Å². The molecule has 19 nitrogen and oxygen atoms in total. The van der Waals surface area contributed by atoms with Crippen molar-refractivity contribution in [1.29, 1.82) is 0 Å². The molecule has 4 N–H and O–H groups in total. The van der Waals surface area contributed by atoms with Crippen LogP contribution in [0.2, 0.25) is 0 Å². The Morgan fingerprint density at radius 2 is 1.51 bits per heavy atom. The fourth-order valence-electron chi connectivity index (χ4n) is 11.1. The molecule has 5 rings (SSSR count). The Kier molecular flexibility index (Phi) is 25.0. The molecule has 0 unspecified atom stereocenters. The summed E-state index contributed by atoms with van der Waals surface area (Å²) < 4.78 is 23.6. The van der Waals surface area contributed by atoms with E-state index in [2.05, 4.69) is 20.9 Å². The number of ether oxygens (including phenoxy) is 4. The molecule has 3 aromatic rings. The molecule has 0 radical (unpaired) electrons. The number of likely N-dealkylation sites (tertiary alicyclic amines) is 1. The number of carbonyl (C=O) groups excluding carboxylic acids is 6. The average molecular weight is 1150 g/mol. The molecule has 1 aliphatic carbocycles. The van der Waals surface area contributed by atoms with Gasteiger partial charge in [0.2, 0.25) is 23.6 Å². The van der Waals surface area contributed by atoms with Crippen LogP contribution in [-0.4, -0.2) is 155 Å². The Morgan fingerprint density at radius 3 is 2.11 bits per heavy atom. The molecular formula is C59H85N7O12S2. The smallest absolute Gasteiger partial charge is 0.411 e. The second-order valence-corrected chi connectivity index (χ2v) is 24.5. The first-order chi connectivity index (χ1) is 38.0. The third-order valence-corrected chi connectivity index (χ3v) is 18.5. The summed E-state index contributed by atoms with van der Waals surface area (Å²) in [4.78, 5) is 105. The van der Waals surface area contributed by atoms with Crippen molar-refractivity contribution in [2.45, 2.75) is 172 Å². The zero-order chi connectivity index (χ0) is 58.8. The van der Waals surface area contributed by atoms with E-state index in [1.807, 2.05) is 58.9 Å². The number of pyridine rings is 1. The van der Waals surface area contributed by atoms with E-state index >= 15 is 0 Å². The molecule has 1 aromatic heterocycles. The number of nitrogens with one attached hydrogen (secondary N) is 3. The predicted molar refractivity (Wildman–Crippen MR) is 309 cm³/mol. The Labute approximate surface area is 480 Å². The van der Waals surface area contributed by atoms with Gasteiger partial charge in [0, 0.05) is 53.2 Å². The zero-order valence-corrected chi connectivity index (χ0v) is 50.2. The van der Waals surface area contributed by atoms with Crippen molar-refractivity contribution in [3.8, 4) is 0 Å². The number of anilines is 1. The number of benzene rings is 2. The highest BCUT2D eigenvalue weighted by Gasteiger charge is 2.50. The first kappa shape index (κ1) is 64.9. The Balaban J connectivity index is 1.19. The first-order valence-corrected chi connectivity index (χ1v) is 30.0. The van der Waals surface area contributed by atoms with Gasteiger partial charge in [-0.2, -0.15) is 0 Å². The lowest BCUT2D eigenvalue weighted by Crippen LogP contribution is -2.61. The molecule has 11 atom stereocenters. The van der Waals surface area contributed by atoms with Crippen molar-refractivity contribution in [3.05, 3.63) is 90.1 Å². The quantitative estimate of drug-likeness (QED) is 0.0497. The van der Waals surface area contributed by atoms with Crippen LogP contribution in [0.1, 0.15) is 111 Å². The molecule has 2 heterocycles. The summed E-state index contributed by atoms with van der Waals surface area (Å²) >= 11 is 0. The van der Waals surface area contributed by atoms with E-state index in [-0.39, 0.29) is 48.5 Å². The highest BCUT2D eigenvalue weighted by molar-refractivity contribution is 8.76. The second kappa shape index (κ2) is 30.8. The Hall–Kier alpha value is -5.90. The van der Waals surface area contributed by atoms with Gasteiger partial charge in [-0.15, -0.1) is 0 Å². The van der Waals surface area contributed by atoms with Gasteiger partial charge in [0.05, 0.1) is 41.4 Å². The molecule has 80 heavy (non-hydrogen) atoms. The van der Waals surface area contributed by atoms with Gasteiger partial charge in [0.15, 0.2) is 0 Å². The van der Waals surface area contributed by atoms with Crippen LogP contribution in [0, 0.1) is 23.7 Å². The maximum Gasteiger partial charge on any atom is 0.411 e. The van der Waals surface area contributed by atoms with Gasteiger partial charge in [-0.1, -0.05) is 114 Å². The minimum atomic E-state index is -1.18. The number of aliphatic carboxylic acids is 1. The summed E-state index contributed by atoms with van der Waals surface area (Å²) in [5.41, 5.74) is 0.961. The summed E-state index contributed by atoms with van der Waals surface area (Å²) in [6.07, 6.45) is 3.07. The number of likely N-dealkylation sites (N-methyl/N-ethyl adjacent to an activating group) is 2. The van der Waals surface area contributed by atoms with Crippen molar-refractivity contribution in [1.82, 2.24) is 30.3 Å². The molecule has 1 saturated heterocycles. The van der Waals surface area contributed by atoms with Gasteiger partial charge in [-0.05, 0) is 103 Å². The highest BCUT2D eigenvalue weighted by atomic mass is 33.1. The van der Waals surface area contributed by atoms with Crippen LogP contribution < -0.4 is 16.0 Å². The minimum absolute atomic E-state index is 0.0909. The summed E-state index contributed by atoms with van der Waals surface area (Å²) in [6.45, 7) is 15.0. The summed E-state index contributed by atoms with van der Waals surface area (Å²) in [5.74, 6) is -4.68. The second-order valence-electron chi connectivity index (χ2n) is 22.0. The average Bonchev–Trinajstić information content (AvgIpc) is 4.18. The molecule has 0 bridgehead atoms. The highest BCUT2D eigenvalue weighted by Crippen LogP contribution is 2.42. The molecule has 1 aliphatic heterocycles. The lowest BCUT2D eigenvalue weighted by Gasteiger charge is -2.44. The van der Waals surface area contributed by atoms with Crippen LogP contribution in [0.25, 0.3) is 0 Å². The van der Waals surface area contributed by atoms with E-state index in [1.165, 1.54) is 26.2 Å². The largest absolute Gasteiger partial charge is 0.480 e. The number of nitrogens with zero attached hydrogens (tertiary/aromatic N) is 4. The molecule has 0 spiro atoms.